The van der Waals surface area contributed by atoms with Crippen molar-refractivity contribution < 1.29 is 37.7 Å². The van der Waals surface area contributed by atoms with E-state index in [-0.39, 0.29) is 22.4 Å². The normalized spacial score (nSPS) is 10.3. The van der Waals surface area contributed by atoms with E-state index in [1.807, 2.05) is 0 Å². The van der Waals surface area contributed by atoms with Crippen LogP contribution in [0.2, 0.25) is 0 Å². The molecule has 0 bridgehead atoms. The average molecular weight is 289 g/mol. The second-order valence-corrected chi connectivity index (χ2v) is 0.812. The Morgan fingerprint density at radius 1 is 1.29 bits per heavy atom. The van der Waals surface area contributed by atoms with Crippen LogP contribution in [0.4, 0.5) is 0 Å². The molecular formula is C2H6AuNO3. The molecule has 4 nitrogen and oxygen atoms in total. The fourth-order valence-corrected chi connectivity index (χ4v) is 0. The first kappa shape index (κ1) is 10.5. The van der Waals surface area contributed by atoms with E-state index >= 15 is 0 Å². The Kier molecular flexibility index (Phi) is 5.37. The van der Waals surface area contributed by atoms with E-state index < -0.39 is 6.10 Å². The summed E-state index contributed by atoms with van der Waals surface area (Å²) in [5, 5.41) is 24.8. The Labute approximate surface area is 56.7 Å². The molecule has 4 N–H and O–H groups in total. The first-order valence-corrected chi connectivity index (χ1v) is 1.27. The van der Waals surface area contributed by atoms with Crippen molar-refractivity contribution in [3.05, 3.63) is 7.05 Å². The van der Waals surface area contributed by atoms with Crippen LogP contribution in [0.3, 0.4) is 0 Å². The molecule has 0 radical (unpaired) electrons. The van der Waals surface area contributed by atoms with Gasteiger partial charge < -0.3 is 20.6 Å². The zero-order valence-corrected chi connectivity index (χ0v) is 5.52. The van der Waals surface area contributed by atoms with Gasteiger partial charge in [0.15, 0.2) is 0 Å². The van der Waals surface area contributed by atoms with E-state index in [9.17, 15) is 0 Å². The predicted molar refractivity (Wildman–Crippen MR) is 17.9 cm³/mol. The van der Waals surface area contributed by atoms with E-state index in [4.69, 9.17) is 15.3 Å². The standard InChI is InChI=1S/C2H6NO3.Au/c1-3-2(4,5)6;/h3-6H,1H2;/q-1;+1. The van der Waals surface area contributed by atoms with Crippen molar-refractivity contribution in [2.24, 2.45) is 0 Å². The maximum atomic E-state index is 7.76. The van der Waals surface area contributed by atoms with Crippen LogP contribution < -0.4 is 5.32 Å². The molecule has 0 aliphatic carbocycles. The number of hydrogen-bond acceptors (Lipinski definition) is 4. The molecule has 0 aromatic carbocycles. The molecule has 5 heteroatoms. The molecule has 0 unspecified atom stereocenters. The molecule has 0 atom stereocenters. The summed E-state index contributed by atoms with van der Waals surface area (Å²) < 4.78 is 0. The van der Waals surface area contributed by atoms with Gasteiger partial charge in [-0.25, -0.2) is 0 Å². The summed E-state index contributed by atoms with van der Waals surface area (Å²) in [6.07, 6.45) is -2.82. The molecule has 0 amide bonds. The molecule has 0 aliphatic heterocycles. The zero-order valence-electron chi connectivity index (χ0n) is 3.35. The Morgan fingerprint density at radius 3 is 1.43 bits per heavy atom. The largest absolute Gasteiger partial charge is 1.00 e. The summed E-state index contributed by atoms with van der Waals surface area (Å²) in [7, 11) is 2.76. The van der Waals surface area contributed by atoms with Crippen LogP contribution >= 0.6 is 0 Å². The number of nitrogens with one attached hydrogen (secondary N) is 1. The summed E-state index contributed by atoms with van der Waals surface area (Å²) in [6, 6.07) is 0. The maximum Gasteiger partial charge on any atom is 1.00 e. The van der Waals surface area contributed by atoms with Crippen molar-refractivity contribution in [2.45, 2.75) is 6.10 Å². The Morgan fingerprint density at radius 2 is 1.43 bits per heavy atom. The summed E-state index contributed by atoms with van der Waals surface area (Å²) in [4.78, 5) is 0. The van der Waals surface area contributed by atoms with Gasteiger partial charge in [0.1, 0.15) is 0 Å². The van der Waals surface area contributed by atoms with E-state index in [1.54, 1.807) is 0 Å². The Balaban J connectivity index is 0. The SMILES string of the molecule is [Au+].[CH2-]NC(O)(O)O. The van der Waals surface area contributed by atoms with Gasteiger partial charge in [0.2, 0.25) is 0 Å². The number of aliphatic hydroxyl groups is 3. The second kappa shape index (κ2) is 3.57. The van der Waals surface area contributed by atoms with Gasteiger partial charge in [0, 0.05) is 0 Å². The van der Waals surface area contributed by atoms with Gasteiger partial charge in [-0.2, -0.15) is 0 Å². The van der Waals surface area contributed by atoms with Gasteiger partial charge in [-0.1, -0.05) is 0 Å². The maximum absolute atomic E-state index is 7.76. The van der Waals surface area contributed by atoms with E-state index in [1.165, 1.54) is 5.32 Å². The summed E-state index contributed by atoms with van der Waals surface area (Å²) in [6.45, 7) is 0. The monoisotopic (exact) mass is 289 g/mol. The number of rotatable bonds is 1. The van der Waals surface area contributed by atoms with Crippen molar-refractivity contribution in [2.75, 3.05) is 0 Å². The molecule has 7 heavy (non-hydrogen) atoms. The molecule has 0 rings (SSSR count). The van der Waals surface area contributed by atoms with Crippen LogP contribution in [0.25, 0.3) is 0 Å². The van der Waals surface area contributed by atoms with Gasteiger partial charge in [-0.05, 0) is 0 Å². The molecule has 0 saturated carbocycles. The van der Waals surface area contributed by atoms with Crippen LogP contribution in [0.15, 0.2) is 0 Å². The van der Waals surface area contributed by atoms with Gasteiger partial charge in [0.05, 0.1) is 0 Å². The number of hydrogen-bond donors (Lipinski definition) is 4. The van der Waals surface area contributed by atoms with Crippen LogP contribution in [0.1, 0.15) is 0 Å². The van der Waals surface area contributed by atoms with E-state index in [0.29, 0.717) is 0 Å². The minimum atomic E-state index is -2.82. The van der Waals surface area contributed by atoms with Crippen molar-refractivity contribution >= 4 is 0 Å². The first-order chi connectivity index (χ1) is 2.56. The third-order valence-corrected chi connectivity index (χ3v) is 0.237. The van der Waals surface area contributed by atoms with Crippen LogP contribution in [-0.2, 0) is 22.4 Å². The Bertz CT molecular complexity index is 42.7. The third kappa shape index (κ3) is 10.8. The van der Waals surface area contributed by atoms with Crippen LogP contribution in [-0.4, -0.2) is 21.4 Å². The quantitative estimate of drug-likeness (QED) is 0.255. The predicted octanol–water partition coefficient (Wildman–Crippen LogP) is -2.05. The van der Waals surface area contributed by atoms with E-state index in [0.717, 1.165) is 0 Å². The molecular weight excluding hydrogens is 283 g/mol. The van der Waals surface area contributed by atoms with Crippen molar-refractivity contribution in [1.82, 2.24) is 5.32 Å². The van der Waals surface area contributed by atoms with Gasteiger partial charge in [-0.3, -0.25) is 7.05 Å². The molecule has 0 aliphatic rings. The minimum Gasteiger partial charge on any atom is -0.396 e. The second-order valence-electron chi connectivity index (χ2n) is 0.812. The van der Waals surface area contributed by atoms with Crippen LogP contribution in [0, 0.1) is 7.05 Å². The van der Waals surface area contributed by atoms with Gasteiger partial charge in [0.25, 0.3) is 0 Å². The topological polar surface area (TPSA) is 72.7 Å². The van der Waals surface area contributed by atoms with Gasteiger partial charge >= 0.3 is 28.5 Å². The molecule has 48 valence electrons. The molecule has 0 aromatic rings. The fourth-order valence-electron chi connectivity index (χ4n) is 0. The fraction of sp³-hybridized carbons (Fsp3) is 0.500. The van der Waals surface area contributed by atoms with Crippen molar-refractivity contribution in [3.63, 3.8) is 0 Å². The van der Waals surface area contributed by atoms with Gasteiger partial charge in [-0.15, -0.1) is 0 Å². The molecule has 0 saturated heterocycles. The molecule has 0 aromatic heterocycles. The average Bonchev–Trinajstić information content (AvgIpc) is 1.35. The molecule has 0 spiro atoms. The molecule has 0 fully saturated rings. The Hall–Kier alpha value is 0.580. The van der Waals surface area contributed by atoms with E-state index in [2.05, 4.69) is 7.05 Å². The summed E-state index contributed by atoms with van der Waals surface area (Å²) in [5.74, 6) is 0. The van der Waals surface area contributed by atoms with Crippen molar-refractivity contribution in [3.8, 4) is 0 Å². The van der Waals surface area contributed by atoms with Crippen LogP contribution in [0.5, 0.6) is 0 Å². The first-order valence-electron chi connectivity index (χ1n) is 1.27. The third-order valence-electron chi connectivity index (χ3n) is 0.237. The summed E-state index contributed by atoms with van der Waals surface area (Å²) >= 11 is 0. The zero-order chi connectivity index (χ0) is 5.21. The summed E-state index contributed by atoms with van der Waals surface area (Å²) in [5.41, 5.74) is 0. The molecule has 0 heterocycles. The van der Waals surface area contributed by atoms with Crippen molar-refractivity contribution in [1.29, 1.82) is 0 Å². The minimum absolute atomic E-state index is 0. The smallest absolute Gasteiger partial charge is 0.396 e.